The molecule has 1 saturated heterocycles. The molecule has 1 rings (SSSR count). The summed E-state index contributed by atoms with van der Waals surface area (Å²) in [4.78, 5) is 2.49. The normalized spacial score (nSPS) is 26.0. The first kappa shape index (κ1) is 10.0. The molecule has 0 N–H and O–H groups in total. The van der Waals surface area contributed by atoms with Crippen LogP contribution < -0.4 is 0 Å². The van der Waals surface area contributed by atoms with Crippen LogP contribution in [0.3, 0.4) is 0 Å². The smallest absolute Gasteiger partial charge is 0.000661 e. The molecule has 0 aliphatic carbocycles. The maximum Gasteiger partial charge on any atom is 0.000661 e. The largest absolute Gasteiger partial charge is 0.306 e. The summed E-state index contributed by atoms with van der Waals surface area (Å²) in [6.07, 6.45) is 8.62. The highest BCUT2D eigenvalue weighted by Crippen LogP contribution is 2.20. The van der Waals surface area contributed by atoms with Gasteiger partial charge < -0.3 is 4.90 Å². The Kier molecular flexibility index (Phi) is 4.67. The van der Waals surface area contributed by atoms with Crippen molar-refractivity contribution in [2.75, 3.05) is 20.1 Å². The van der Waals surface area contributed by atoms with Gasteiger partial charge in [-0.25, -0.2) is 0 Å². The van der Waals surface area contributed by atoms with Gasteiger partial charge in [-0.2, -0.15) is 0 Å². The van der Waals surface area contributed by atoms with E-state index in [2.05, 4.69) is 18.9 Å². The summed E-state index contributed by atoms with van der Waals surface area (Å²) in [6, 6.07) is 0. The number of likely N-dealkylation sites (tertiary alicyclic amines) is 1. The molecule has 0 radical (unpaired) electrons. The van der Waals surface area contributed by atoms with Crippen LogP contribution in [0.4, 0.5) is 0 Å². The van der Waals surface area contributed by atoms with Gasteiger partial charge in [0, 0.05) is 6.54 Å². The average molecular weight is 169 g/mol. The fraction of sp³-hybridized carbons (Fsp3) is 1.00. The summed E-state index contributed by atoms with van der Waals surface area (Å²) < 4.78 is 0. The lowest BCUT2D eigenvalue weighted by Gasteiger charge is -2.29. The second kappa shape index (κ2) is 5.58. The summed E-state index contributed by atoms with van der Waals surface area (Å²) >= 11 is 0. The molecule has 1 fully saturated rings. The maximum absolute atomic E-state index is 2.49. The molecule has 0 aromatic rings. The Labute approximate surface area is 77.1 Å². The first-order chi connectivity index (χ1) is 5.83. The van der Waals surface area contributed by atoms with Crippen molar-refractivity contribution >= 4 is 0 Å². The number of rotatable bonds is 4. The third kappa shape index (κ3) is 3.57. The van der Waals surface area contributed by atoms with Gasteiger partial charge in [-0.1, -0.05) is 26.2 Å². The minimum atomic E-state index is 1.01. The van der Waals surface area contributed by atoms with Crippen LogP contribution in [0.25, 0.3) is 0 Å². The Balaban J connectivity index is 2.06. The Morgan fingerprint density at radius 2 is 2.17 bits per heavy atom. The first-order valence-corrected chi connectivity index (χ1v) is 5.51. The number of piperidine rings is 1. The molecule has 0 unspecified atom stereocenters. The molecule has 0 spiro atoms. The van der Waals surface area contributed by atoms with E-state index < -0.39 is 0 Å². The van der Waals surface area contributed by atoms with Crippen molar-refractivity contribution in [2.45, 2.75) is 45.4 Å². The Hall–Kier alpha value is -0.0400. The molecule has 12 heavy (non-hydrogen) atoms. The van der Waals surface area contributed by atoms with Crippen LogP contribution in [0.2, 0.25) is 0 Å². The van der Waals surface area contributed by atoms with Gasteiger partial charge in [-0.3, -0.25) is 0 Å². The number of nitrogens with zero attached hydrogens (tertiary/aromatic N) is 1. The van der Waals surface area contributed by atoms with E-state index in [1.165, 1.54) is 51.6 Å². The molecule has 0 amide bonds. The zero-order chi connectivity index (χ0) is 8.81. The van der Waals surface area contributed by atoms with Crippen molar-refractivity contribution in [3.05, 3.63) is 0 Å². The van der Waals surface area contributed by atoms with Crippen LogP contribution >= 0.6 is 0 Å². The first-order valence-electron chi connectivity index (χ1n) is 5.51. The molecule has 1 heteroatoms. The van der Waals surface area contributed by atoms with Gasteiger partial charge in [0.25, 0.3) is 0 Å². The van der Waals surface area contributed by atoms with E-state index in [1.807, 2.05) is 0 Å². The van der Waals surface area contributed by atoms with E-state index in [-0.39, 0.29) is 0 Å². The van der Waals surface area contributed by atoms with Crippen LogP contribution in [0.5, 0.6) is 0 Å². The molecule has 0 saturated carbocycles. The second-order valence-corrected chi connectivity index (χ2v) is 4.27. The van der Waals surface area contributed by atoms with Gasteiger partial charge in [0.15, 0.2) is 0 Å². The predicted octanol–water partition coefficient (Wildman–Crippen LogP) is 2.91. The van der Waals surface area contributed by atoms with Crippen molar-refractivity contribution < 1.29 is 0 Å². The molecule has 0 aromatic heterocycles. The number of hydrogen-bond acceptors (Lipinski definition) is 1. The zero-order valence-corrected chi connectivity index (χ0v) is 8.68. The molecule has 1 aliphatic rings. The minimum absolute atomic E-state index is 1.01. The van der Waals surface area contributed by atoms with E-state index in [0.29, 0.717) is 0 Å². The van der Waals surface area contributed by atoms with E-state index >= 15 is 0 Å². The quantitative estimate of drug-likeness (QED) is 0.585. The van der Waals surface area contributed by atoms with Crippen molar-refractivity contribution in [2.24, 2.45) is 5.92 Å². The molecule has 1 atom stereocenters. The van der Waals surface area contributed by atoms with Gasteiger partial charge in [0.05, 0.1) is 0 Å². The summed E-state index contributed by atoms with van der Waals surface area (Å²) in [5, 5.41) is 0. The lowest BCUT2D eigenvalue weighted by Crippen LogP contribution is -2.31. The monoisotopic (exact) mass is 169 g/mol. The Morgan fingerprint density at radius 1 is 1.33 bits per heavy atom. The van der Waals surface area contributed by atoms with Gasteiger partial charge in [0.1, 0.15) is 0 Å². The molecule has 1 nitrogen and oxygen atoms in total. The van der Waals surface area contributed by atoms with E-state index in [1.54, 1.807) is 0 Å². The standard InChI is InChI=1S/C11H23N/c1-3-4-5-7-11-8-6-9-12(2)10-11/h11H,3-10H2,1-2H3/t11-/m0/s1. The Bertz CT molecular complexity index is 112. The fourth-order valence-corrected chi connectivity index (χ4v) is 2.19. The number of unbranched alkanes of at least 4 members (excludes halogenated alkanes) is 2. The molecule has 1 heterocycles. The second-order valence-electron chi connectivity index (χ2n) is 4.27. The lowest BCUT2D eigenvalue weighted by atomic mass is 9.93. The average Bonchev–Trinajstić information content (AvgIpc) is 2.05. The van der Waals surface area contributed by atoms with Crippen molar-refractivity contribution in [3.63, 3.8) is 0 Å². The highest BCUT2D eigenvalue weighted by molar-refractivity contribution is 4.70. The maximum atomic E-state index is 2.49. The van der Waals surface area contributed by atoms with Crippen molar-refractivity contribution in [3.8, 4) is 0 Å². The molecular weight excluding hydrogens is 146 g/mol. The summed E-state index contributed by atoms with van der Waals surface area (Å²) in [6.45, 7) is 4.96. The molecule has 0 aromatic carbocycles. The van der Waals surface area contributed by atoms with Gasteiger partial charge in [0.2, 0.25) is 0 Å². The fourth-order valence-electron chi connectivity index (χ4n) is 2.19. The topological polar surface area (TPSA) is 3.24 Å². The van der Waals surface area contributed by atoms with Gasteiger partial charge in [-0.15, -0.1) is 0 Å². The number of hydrogen-bond donors (Lipinski definition) is 0. The van der Waals surface area contributed by atoms with Crippen molar-refractivity contribution in [1.29, 1.82) is 0 Å². The highest BCUT2D eigenvalue weighted by Gasteiger charge is 2.15. The summed E-state index contributed by atoms with van der Waals surface area (Å²) in [5.74, 6) is 1.01. The van der Waals surface area contributed by atoms with Gasteiger partial charge >= 0.3 is 0 Å². The summed E-state index contributed by atoms with van der Waals surface area (Å²) in [7, 11) is 2.26. The van der Waals surface area contributed by atoms with Crippen molar-refractivity contribution in [1.82, 2.24) is 4.90 Å². The minimum Gasteiger partial charge on any atom is -0.306 e. The van der Waals surface area contributed by atoms with Crippen LogP contribution in [0.1, 0.15) is 45.4 Å². The predicted molar refractivity (Wildman–Crippen MR) is 54.4 cm³/mol. The Morgan fingerprint density at radius 3 is 2.83 bits per heavy atom. The van der Waals surface area contributed by atoms with Crippen LogP contribution in [0, 0.1) is 5.92 Å². The van der Waals surface area contributed by atoms with E-state index in [0.717, 1.165) is 5.92 Å². The SMILES string of the molecule is CCCCC[C@H]1CCCN(C)C1. The van der Waals surface area contributed by atoms with Crippen LogP contribution in [0.15, 0.2) is 0 Å². The van der Waals surface area contributed by atoms with E-state index in [9.17, 15) is 0 Å². The van der Waals surface area contributed by atoms with Crippen LogP contribution in [-0.4, -0.2) is 25.0 Å². The van der Waals surface area contributed by atoms with Crippen LogP contribution in [-0.2, 0) is 0 Å². The van der Waals surface area contributed by atoms with E-state index in [4.69, 9.17) is 0 Å². The summed E-state index contributed by atoms with van der Waals surface area (Å²) in [5.41, 5.74) is 0. The third-order valence-corrected chi connectivity index (χ3v) is 2.94. The third-order valence-electron chi connectivity index (χ3n) is 2.94. The highest BCUT2D eigenvalue weighted by atomic mass is 15.1. The molecule has 1 aliphatic heterocycles. The molecule has 72 valence electrons. The zero-order valence-electron chi connectivity index (χ0n) is 8.68. The van der Waals surface area contributed by atoms with Gasteiger partial charge in [-0.05, 0) is 38.8 Å². The lowest BCUT2D eigenvalue weighted by molar-refractivity contribution is 0.199. The molecular formula is C11H23N. The molecule has 0 bridgehead atoms.